The van der Waals surface area contributed by atoms with E-state index in [9.17, 15) is 4.79 Å². The number of oxazole rings is 1. The number of hydrogen-bond acceptors (Lipinski definition) is 8. The number of thiazole rings is 1. The zero-order valence-electron chi connectivity index (χ0n) is 16.2. The van der Waals surface area contributed by atoms with Crippen molar-refractivity contribution < 1.29 is 14.3 Å². The van der Waals surface area contributed by atoms with Crippen molar-refractivity contribution in [2.45, 2.75) is 32.9 Å². The number of hydrogen-bond donors (Lipinski definition) is 2. The molecular weight excluding hydrogens is 390 g/mol. The Morgan fingerprint density at radius 1 is 1.38 bits per heavy atom. The topological polar surface area (TPSA) is 104 Å². The fourth-order valence-corrected chi connectivity index (χ4v) is 4.08. The number of aryl methyl sites for hydroxylation is 1. The Bertz CT molecular complexity index is 969. The summed E-state index contributed by atoms with van der Waals surface area (Å²) in [5.41, 5.74) is 2.81. The van der Waals surface area contributed by atoms with Crippen molar-refractivity contribution >= 4 is 23.3 Å². The number of rotatable bonds is 6. The predicted molar refractivity (Wildman–Crippen MR) is 109 cm³/mol. The first-order valence-electron chi connectivity index (χ1n) is 9.58. The minimum Gasteiger partial charge on any atom is -0.426 e. The number of amides is 1. The maximum Gasteiger partial charge on any atom is 0.297 e. The average Bonchev–Trinajstić information content (AvgIpc) is 3.42. The van der Waals surface area contributed by atoms with Crippen molar-refractivity contribution in [1.29, 1.82) is 0 Å². The van der Waals surface area contributed by atoms with Crippen LogP contribution in [0, 0.1) is 12.8 Å². The third-order valence-corrected chi connectivity index (χ3v) is 5.78. The van der Waals surface area contributed by atoms with E-state index in [-0.39, 0.29) is 18.4 Å². The lowest BCUT2D eigenvalue weighted by molar-refractivity contribution is -0.125. The van der Waals surface area contributed by atoms with Crippen molar-refractivity contribution in [2.24, 2.45) is 5.92 Å². The molecule has 152 valence electrons. The van der Waals surface area contributed by atoms with Gasteiger partial charge < -0.3 is 19.7 Å². The Balaban J connectivity index is 1.33. The Labute approximate surface area is 172 Å². The van der Waals surface area contributed by atoms with Gasteiger partial charge in [0.05, 0.1) is 24.4 Å². The number of pyridine rings is 1. The van der Waals surface area contributed by atoms with Gasteiger partial charge in [0.15, 0.2) is 5.76 Å². The second kappa shape index (κ2) is 8.71. The lowest BCUT2D eigenvalue weighted by atomic mass is 9.97. The third-order valence-electron chi connectivity index (χ3n) is 4.93. The van der Waals surface area contributed by atoms with Gasteiger partial charge in [0, 0.05) is 35.9 Å². The number of piperidine rings is 1. The van der Waals surface area contributed by atoms with Gasteiger partial charge >= 0.3 is 0 Å². The lowest BCUT2D eigenvalue weighted by Gasteiger charge is -2.30. The average molecular weight is 414 g/mol. The molecular formula is C20H23N5O3S. The first-order valence-corrected chi connectivity index (χ1v) is 10.5. The Hall–Kier alpha value is -2.78. The molecule has 1 amide bonds. The second-order valence-corrected chi connectivity index (χ2v) is 8.03. The van der Waals surface area contributed by atoms with E-state index in [4.69, 9.17) is 9.52 Å². The molecule has 4 heterocycles. The van der Waals surface area contributed by atoms with Crippen molar-refractivity contribution in [2.75, 3.05) is 18.0 Å². The van der Waals surface area contributed by atoms with E-state index in [0.29, 0.717) is 24.9 Å². The minimum absolute atomic E-state index is 0.0115. The summed E-state index contributed by atoms with van der Waals surface area (Å²) >= 11 is 1.53. The van der Waals surface area contributed by atoms with Gasteiger partial charge in [-0.05, 0) is 31.9 Å². The molecule has 1 saturated heterocycles. The van der Waals surface area contributed by atoms with Gasteiger partial charge in [-0.25, -0.2) is 9.97 Å². The molecule has 0 bridgehead atoms. The second-order valence-electron chi connectivity index (χ2n) is 7.08. The Morgan fingerprint density at radius 2 is 2.28 bits per heavy atom. The number of aliphatic hydroxyl groups is 1. The van der Waals surface area contributed by atoms with Crippen LogP contribution in [-0.2, 0) is 17.9 Å². The van der Waals surface area contributed by atoms with Crippen LogP contribution in [0.5, 0.6) is 0 Å². The Morgan fingerprint density at radius 3 is 3.03 bits per heavy atom. The van der Waals surface area contributed by atoms with Crippen LogP contribution < -0.4 is 10.2 Å². The molecule has 3 aromatic heterocycles. The van der Waals surface area contributed by atoms with E-state index in [1.165, 1.54) is 17.5 Å². The molecule has 3 aromatic rings. The van der Waals surface area contributed by atoms with Crippen LogP contribution in [0.15, 0.2) is 34.3 Å². The molecule has 1 fully saturated rings. The molecule has 2 N–H and O–H groups in total. The van der Waals surface area contributed by atoms with Crippen molar-refractivity contribution in [3.05, 3.63) is 46.4 Å². The van der Waals surface area contributed by atoms with Crippen LogP contribution in [0.4, 0.5) is 6.01 Å². The highest BCUT2D eigenvalue weighted by Gasteiger charge is 2.28. The SMILES string of the molecule is Cc1ccc(-c2csc(CNC(=O)[C@H]3CCCN(c4ncc(CO)o4)C3)n2)cn1. The van der Waals surface area contributed by atoms with Gasteiger partial charge in [0.1, 0.15) is 11.6 Å². The van der Waals surface area contributed by atoms with Gasteiger partial charge in [0.25, 0.3) is 6.01 Å². The predicted octanol–water partition coefficient (Wildman–Crippen LogP) is 2.53. The molecule has 0 radical (unpaired) electrons. The number of aliphatic hydroxyl groups excluding tert-OH is 1. The normalized spacial score (nSPS) is 16.8. The summed E-state index contributed by atoms with van der Waals surface area (Å²) in [6, 6.07) is 4.42. The van der Waals surface area contributed by atoms with Gasteiger partial charge in [-0.15, -0.1) is 11.3 Å². The quantitative estimate of drug-likeness (QED) is 0.640. The van der Waals surface area contributed by atoms with Gasteiger partial charge in [-0.3, -0.25) is 9.78 Å². The molecule has 0 unspecified atom stereocenters. The van der Waals surface area contributed by atoms with Crippen LogP contribution >= 0.6 is 11.3 Å². The van der Waals surface area contributed by atoms with Crippen LogP contribution in [-0.4, -0.2) is 39.1 Å². The van der Waals surface area contributed by atoms with Crippen molar-refractivity contribution in [3.63, 3.8) is 0 Å². The van der Waals surface area contributed by atoms with Crippen LogP contribution in [0.3, 0.4) is 0 Å². The maximum absolute atomic E-state index is 12.7. The van der Waals surface area contributed by atoms with Gasteiger partial charge in [-0.2, -0.15) is 0 Å². The summed E-state index contributed by atoms with van der Waals surface area (Å²) in [6.07, 6.45) is 5.04. The van der Waals surface area contributed by atoms with E-state index < -0.39 is 0 Å². The van der Waals surface area contributed by atoms with E-state index >= 15 is 0 Å². The highest BCUT2D eigenvalue weighted by molar-refractivity contribution is 7.09. The molecule has 0 saturated carbocycles. The molecule has 0 aromatic carbocycles. The number of nitrogens with zero attached hydrogens (tertiary/aromatic N) is 4. The van der Waals surface area contributed by atoms with E-state index in [0.717, 1.165) is 41.3 Å². The highest BCUT2D eigenvalue weighted by Crippen LogP contribution is 2.24. The van der Waals surface area contributed by atoms with E-state index in [1.807, 2.05) is 35.5 Å². The molecule has 0 spiro atoms. The number of carbonyl (C=O) groups excluding carboxylic acids is 1. The van der Waals surface area contributed by atoms with Crippen molar-refractivity contribution in [3.8, 4) is 11.3 Å². The number of nitrogens with one attached hydrogen (secondary N) is 1. The minimum atomic E-state index is -0.181. The highest BCUT2D eigenvalue weighted by atomic mass is 32.1. The Kier molecular flexibility index (Phi) is 5.86. The third kappa shape index (κ3) is 4.63. The monoisotopic (exact) mass is 413 g/mol. The lowest BCUT2D eigenvalue weighted by Crippen LogP contribution is -2.43. The summed E-state index contributed by atoms with van der Waals surface area (Å²) < 4.78 is 5.50. The maximum atomic E-state index is 12.7. The number of anilines is 1. The molecule has 1 atom stereocenters. The number of aromatic nitrogens is 3. The van der Waals surface area contributed by atoms with Crippen molar-refractivity contribution in [1.82, 2.24) is 20.3 Å². The molecule has 0 aliphatic carbocycles. The first kappa shape index (κ1) is 19.5. The van der Waals surface area contributed by atoms with E-state index in [1.54, 1.807) is 0 Å². The standard InChI is InChI=1S/C20H23N5O3S/c1-13-4-5-14(7-21-13)17-12-29-18(24-17)9-22-19(27)15-3-2-6-25(10-15)20-23-8-16(11-26)28-20/h4-5,7-8,12,15,26H,2-3,6,9-11H2,1H3,(H,22,27)/t15-/m0/s1. The molecule has 9 heteroatoms. The molecule has 29 heavy (non-hydrogen) atoms. The fourth-order valence-electron chi connectivity index (χ4n) is 3.33. The molecule has 1 aliphatic heterocycles. The van der Waals surface area contributed by atoms with Gasteiger partial charge in [-0.1, -0.05) is 0 Å². The number of carbonyl (C=O) groups is 1. The first-order chi connectivity index (χ1) is 14.1. The van der Waals surface area contributed by atoms with Crippen LogP contribution in [0.25, 0.3) is 11.3 Å². The smallest absolute Gasteiger partial charge is 0.297 e. The summed E-state index contributed by atoms with van der Waals surface area (Å²) in [7, 11) is 0. The summed E-state index contributed by atoms with van der Waals surface area (Å²) in [6.45, 7) is 3.52. The van der Waals surface area contributed by atoms with Crippen LogP contribution in [0.1, 0.15) is 29.3 Å². The largest absolute Gasteiger partial charge is 0.426 e. The zero-order valence-corrected chi connectivity index (χ0v) is 17.0. The molecule has 8 nitrogen and oxygen atoms in total. The van der Waals surface area contributed by atoms with E-state index in [2.05, 4.69) is 20.3 Å². The zero-order chi connectivity index (χ0) is 20.2. The molecule has 1 aliphatic rings. The van der Waals surface area contributed by atoms with Crippen LogP contribution in [0.2, 0.25) is 0 Å². The summed E-state index contributed by atoms with van der Waals surface area (Å²) in [5.74, 6) is 0.307. The fraction of sp³-hybridized carbons (Fsp3) is 0.400. The summed E-state index contributed by atoms with van der Waals surface area (Å²) in [5, 5.41) is 15.0. The summed E-state index contributed by atoms with van der Waals surface area (Å²) in [4.78, 5) is 27.7. The van der Waals surface area contributed by atoms with Gasteiger partial charge in [0.2, 0.25) is 5.91 Å². The molecule has 4 rings (SSSR count).